The topological polar surface area (TPSA) is 29.5 Å². The summed E-state index contributed by atoms with van der Waals surface area (Å²) in [6.07, 6.45) is 0. The van der Waals surface area contributed by atoms with Crippen LogP contribution in [0.3, 0.4) is 0 Å². The summed E-state index contributed by atoms with van der Waals surface area (Å²) in [4.78, 5) is 11.8. The fourth-order valence-electron chi connectivity index (χ4n) is 1.11. The zero-order chi connectivity index (χ0) is 9.56. The van der Waals surface area contributed by atoms with Gasteiger partial charge in [-0.2, -0.15) is 0 Å². The van der Waals surface area contributed by atoms with E-state index in [1.807, 2.05) is 37.0 Å². The molecule has 0 unspecified atom stereocenters. The van der Waals surface area contributed by atoms with Crippen molar-refractivity contribution in [1.29, 1.82) is 0 Å². The molecule has 0 amide bonds. The Morgan fingerprint density at radius 2 is 1.08 bits per heavy atom. The molecule has 13 heavy (non-hydrogen) atoms. The number of hydrogen-bond acceptors (Lipinski definition) is 3. The van der Waals surface area contributed by atoms with Gasteiger partial charge in [-0.1, -0.05) is 36.1 Å². The van der Waals surface area contributed by atoms with Crippen molar-refractivity contribution in [2.45, 2.75) is 27.7 Å². The summed E-state index contributed by atoms with van der Waals surface area (Å²) >= 11 is 0. The van der Waals surface area contributed by atoms with E-state index in [4.69, 9.17) is 0 Å². The van der Waals surface area contributed by atoms with Crippen LogP contribution in [-0.4, -0.2) is 35.5 Å². The molecular weight excluding hydrogens is 178 g/mol. The first-order chi connectivity index (χ1) is 5.71. The second-order valence-electron chi connectivity index (χ2n) is 2.53. The van der Waals surface area contributed by atoms with Gasteiger partial charge in [0.05, 0.1) is 0 Å². The van der Waals surface area contributed by atoms with Gasteiger partial charge in [-0.15, -0.1) is 0 Å². The van der Waals surface area contributed by atoms with Crippen molar-refractivity contribution < 1.29 is 23.8 Å². The van der Waals surface area contributed by atoms with Crippen molar-refractivity contribution in [2.75, 3.05) is 26.2 Å². The van der Waals surface area contributed by atoms with Crippen LogP contribution in [0.15, 0.2) is 0 Å². The van der Waals surface area contributed by atoms with Crippen LogP contribution < -0.4 is 23.8 Å². The Morgan fingerprint density at radius 3 is 1.23 bits per heavy atom. The summed E-state index contributed by atoms with van der Waals surface area (Å²) in [5, 5.41) is 0. The quantitative estimate of drug-likeness (QED) is 0.375. The average Bonchev–Trinajstić information content (AvgIpc) is 2.09. The number of rotatable bonds is 6. The van der Waals surface area contributed by atoms with E-state index >= 15 is 0 Å². The third-order valence-electron chi connectivity index (χ3n) is 1.94. The fraction of sp³-hybridized carbons (Fsp3) is 1.00. The molecule has 0 fully saturated rings. The SMILES string of the molecule is CCN(CC)P([O-])N(CC)CC.[Li+]. The predicted octanol–water partition coefficient (Wildman–Crippen LogP) is -1.74. The van der Waals surface area contributed by atoms with Gasteiger partial charge in [-0.05, 0) is 26.2 Å². The van der Waals surface area contributed by atoms with Gasteiger partial charge >= 0.3 is 18.9 Å². The van der Waals surface area contributed by atoms with Crippen molar-refractivity contribution in [2.24, 2.45) is 0 Å². The molecule has 74 valence electrons. The molecule has 0 bridgehead atoms. The Bertz CT molecular complexity index is 98.3. The maximum absolute atomic E-state index is 11.8. The molecule has 3 nitrogen and oxygen atoms in total. The standard InChI is InChI=1S/C8H20N2OP.Li/c1-5-9(6-2)12(11)10(7-3)8-4;/h5-8H2,1-4H3;/q-1;+1. The monoisotopic (exact) mass is 198 g/mol. The van der Waals surface area contributed by atoms with Gasteiger partial charge in [0.25, 0.3) is 0 Å². The molecule has 0 saturated heterocycles. The van der Waals surface area contributed by atoms with Crippen molar-refractivity contribution in [1.82, 2.24) is 9.34 Å². The van der Waals surface area contributed by atoms with Crippen molar-refractivity contribution in [3.8, 4) is 0 Å². The largest absolute Gasteiger partial charge is 1.00 e. The molecule has 0 aromatic heterocycles. The summed E-state index contributed by atoms with van der Waals surface area (Å²) in [5.74, 6) is 0. The summed E-state index contributed by atoms with van der Waals surface area (Å²) in [5.41, 5.74) is 0. The Morgan fingerprint density at radius 1 is 0.846 bits per heavy atom. The molecule has 0 aromatic carbocycles. The predicted molar refractivity (Wildman–Crippen MR) is 52.8 cm³/mol. The smallest absolute Gasteiger partial charge is 0.806 e. The Hall–Kier alpha value is 0.907. The Balaban J connectivity index is 0. The van der Waals surface area contributed by atoms with Gasteiger partial charge in [0, 0.05) is 0 Å². The van der Waals surface area contributed by atoms with E-state index in [2.05, 4.69) is 0 Å². The van der Waals surface area contributed by atoms with Crippen LogP contribution in [0.1, 0.15) is 27.7 Å². The minimum atomic E-state index is -1.29. The van der Waals surface area contributed by atoms with Crippen LogP contribution in [-0.2, 0) is 0 Å². The Labute approximate surface area is 95.6 Å². The molecule has 0 saturated carbocycles. The molecular formula is C8H20LiN2OP. The molecule has 0 aliphatic rings. The summed E-state index contributed by atoms with van der Waals surface area (Å²) in [6, 6.07) is 0. The minimum absolute atomic E-state index is 0. The third kappa shape index (κ3) is 5.37. The van der Waals surface area contributed by atoms with Crippen LogP contribution in [0.2, 0.25) is 0 Å². The molecule has 0 heterocycles. The van der Waals surface area contributed by atoms with Gasteiger partial charge in [0.1, 0.15) is 0 Å². The summed E-state index contributed by atoms with van der Waals surface area (Å²) in [6.45, 7) is 11.6. The molecule has 0 rings (SSSR count). The van der Waals surface area contributed by atoms with Gasteiger partial charge in [-0.25, -0.2) is 0 Å². The van der Waals surface area contributed by atoms with Crippen molar-refractivity contribution in [3.05, 3.63) is 0 Å². The zero-order valence-electron chi connectivity index (χ0n) is 9.58. The van der Waals surface area contributed by atoms with Gasteiger partial charge in [0.15, 0.2) is 0 Å². The number of hydrogen-bond donors (Lipinski definition) is 0. The van der Waals surface area contributed by atoms with E-state index in [-0.39, 0.29) is 18.9 Å². The first-order valence-electron chi connectivity index (χ1n) is 4.68. The summed E-state index contributed by atoms with van der Waals surface area (Å²) < 4.78 is 3.98. The van der Waals surface area contributed by atoms with E-state index in [0.717, 1.165) is 26.2 Å². The maximum atomic E-state index is 11.8. The molecule has 0 aliphatic heterocycles. The second kappa shape index (κ2) is 9.46. The molecule has 0 radical (unpaired) electrons. The fourth-order valence-corrected chi connectivity index (χ4v) is 2.44. The molecule has 0 N–H and O–H groups in total. The van der Waals surface area contributed by atoms with E-state index in [1.54, 1.807) is 0 Å². The van der Waals surface area contributed by atoms with Gasteiger partial charge in [-0.3, -0.25) is 9.34 Å². The summed E-state index contributed by atoms with van der Waals surface area (Å²) in [7, 11) is -1.29. The average molecular weight is 198 g/mol. The maximum Gasteiger partial charge on any atom is 1.00 e. The first kappa shape index (κ1) is 16.3. The first-order valence-corrected chi connectivity index (χ1v) is 5.84. The molecule has 0 aliphatic carbocycles. The van der Waals surface area contributed by atoms with Crippen molar-refractivity contribution in [3.63, 3.8) is 0 Å². The van der Waals surface area contributed by atoms with Crippen LogP contribution >= 0.6 is 8.45 Å². The molecule has 5 heteroatoms. The zero-order valence-corrected chi connectivity index (χ0v) is 10.5. The minimum Gasteiger partial charge on any atom is -0.806 e. The second-order valence-corrected chi connectivity index (χ2v) is 4.17. The van der Waals surface area contributed by atoms with Crippen LogP contribution in [0.25, 0.3) is 0 Å². The van der Waals surface area contributed by atoms with E-state index in [9.17, 15) is 4.89 Å². The van der Waals surface area contributed by atoms with Gasteiger partial charge < -0.3 is 4.89 Å². The van der Waals surface area contributed by atoms with Crippen LogP contribution in [0, 0.1) is 0 Å². The van der Waals surface area contributed by atoms with Crippen LogP contribution in [0.5, 0.6) is 0 Å². The van der Waals surface area contributed by atoms with Crippen LogP contribution in [0.4, 0.5) is 0 Å². The van der Waals surface area contributed by atoms with E-state index < -0.39 is 8.45 Å². The normalized spacial score (nSPS) is 11.1. The molecule has 0 aromatic rings. The van der Waals surface area contributed by atoms with Crippen molar-refractivity contribution >= 4 is 8.45 Å². The number of nitrogens with zero attached hydrogens (tertiary/aromatic N) is 2. The molecule has 0 spiro atoms. The third-order valence-corrected chi connectivity index (χ3v) is 4.04. The van der Waals surface area contributed by atoms with E-state index in [0.29, 0.717) is 0 Å². The molecule has 0 atom stereocenters. The Kier molecular flexibility index (Phi) is 11.9. The van der Waals surface area contributed by atoms with Gasteiger partial charge in [0.2, 0.25) is 0 Å². The van der Waals surface area contributed by atoms with E-state index in [1.165, 1.54) is 0 Å².